The van der Waals surface area contributed by atoms with Gasteiger partial charge in [0.2, 0.25) is 0 Å². The Morgan fingerprint density at radius 1 is 1.29 bits per heavy atom. The summed E-state index contributed by atoms with van der Waals surface area (Å²) in [4.78, 5) is 22.1. The Balaban J connectivity index is 1.65. The number of aliphatic hydroxyl groups is 1. The molecule has 2 amide bonds. The van der Waals surface area contributed by atoms with Crippen LogP contribution in [0.5, 0.6) is 0 Å². The normalized spacial score (nSPS) is 18.4. The van der Waals surface area contributed by atoms with E-state index in [1.807, 2.05) is 31.2 Å². The molecule has 6 nitrogen and oxygen atoms in total. The minimum atomic E-state index is -0.111. The van der Waals surface area contributed by atoms with Crippen molar-refractivity contribution >= 4 is 6.03 Å². The molecule has 2 N–H and O–H groups in total. The fourth-order valence-electron chi connectivity index (χ4n) is 3.06. The Bertz CT molecular complexity index is 675. The highest BCUT2D eigenvalue weighted by atomic mass is 16.3. The monoisotopic (exact) mass is 326 g/mol. The van der Waals surface area contributed by atoms with Crippen LogP contribution in [0.2, 0.25) is 0 Å². The Morgan fingerprint density at radius 3 is 2.67 bits per heavy atom. The molecular weight excluding hydrogens is 304 g/mol. The second-order valence-electron chi connectivity index (χ2n) is 6.09. The number of urea groups is 1. The van der Waals surface area contributed by atoms with Crippen LogP contribution in [0.1, 0.15) is 31.4 Å². The van der Waals surface area contributed by atoms with E-state index in [9.17, 15) is 9.90 Å². The highest BCUT2D eigenvalue weighted by molar-refractivity contribution is 5.75. The van der Waals surface area contributed by atoms with Gasteiger partial charge in [-0.1, -0.05) is 24.3 Å². The van der Waals surface area contributed by atoms with Crippen LogP contribution in [0, 0.1) is 0 Å². The largest absolute Gasteiger partial charge is 0.394 e. The van der Waals surface area contributed by atoms with Gasteiger partial charge in [-0.05, 0) is 30.9 Å². The predicted octanol–water partition coefficient (Wildman–Crippen LogP) is 2.37. The van der Waals surface area contributed by atoms with Gasteiger partial charge in [-0.2, -0.15) is 0 Å². The molecule has 2 aromatic rings. The molecule has 0 aliphatic carbocycles. The number of likely N-dealkylation sites (tertiary alicyclic amines) is 1. The number of hydrogen-bond donors (Lipinski definition) is 2. The number of benzene rings is 1. The van der Waals surface area contributed by atoms with Crippen molar-refractivity contribution in [2.24, 2.45) is 0 Å². The van der Waals surface area contributed by atoms with Gasteiger partial charge in [-0.25, -0.2) is 14.8 Å². The number of rotatable bonds is 4. The number of nitrogens with zero attached hydrogens (tertiary/aromatic N) is 3. The summed E-state index contributed by atoms with van der Waals surface area (Å²) in [6.07, 6.45) is 6.87. The molecule has 1 aliphatic heterocycles. The molecule has 0 bridgehead atoms. The second kappa shape index (κ2) is 7.40. The number of carbonyl (C=O) groups is 1. The highest BCUT2D eigenvalue weighted by Crippen LogP contribution is 2.22. The van der Waals surface area contributed by atoms with E-state index < -0.39 is 0 Å². The average Bonchev–Trinajstić information content (AvgIpc) is 3.11. The van der Waals surface area contributed by atoms with Crippen LogP contribution in [-0.4, -0.2) is 45.2 Å². The quantitative estimate of drug-likeness (QED) is 0.904. The summed E-state index contributed by atoms with van der Waals surface area (Å²) in [5.74, 6) is 0. The van der Waals surface area contributed by atoms with Gasteiger partial charge >= 0.3 is 6.03 Å². The summed E-state index contributed by atoms with van der Waals surface area (Å²) < 4.78 is 0. The molecule has 0 saturated carbocycles. The van der Waals surface area contributed by atoms with Crippen LogP contribution in [0.3, 0.4) is 0 Å². The van der Waals surface area contributed by atoms with Crippen LogP contribution in [-0.2, 0) is 0 Å². The van der Waals surface area contributed by atoms with Crippen molar-refractivity contribution in [3.8, 4) is 11.1 Å². The molecule has 0 unspecified atom stereocenters. The van der Waals surface area contributed by atoms with Gasteiger partial charge in [0, 0.05) is 24.5 Å². The first-order chi connectivity index (χ1) is 11.7. The first-order valence-corrected chi connectivity index (χ1v) is 8.22. The fourth-order valence-corrected chi connectivity index (χ4v) is 3.06. The summed E-state index contributed by atoms with van der Waals surface area (Å²) >= 11 is 0. The molecule has 1 aliphatic rings. The maximum atomic E-state index is 12.4. The lowest BCUT2D eigenvalue weighted by atomic mass is 10.0. The molecule has 0 spiro atoms. The first kappa shape index (κ1) is 16.4. The molecule has 24 heavy (non-hydrogen) atoms. The molecule has 1 fully saturated rings. The van der Waals surface area contributed by atoms with Crippen molar-refractivity contribution in [1.29, 1.82) is 0 Å². The molecule has 3 rings (SSSR count). The molecule has 1 aromatic heterocycles. The zero-order chi connectivity index (χ0) is 16.9. The van der Waals surface area contributed by atoms with E-state index in [0.29, 0.717) is 6.54 Å². The van der Waals surface area contributed by atoms with Crippen molar-refractivity contribution in [3.05, 3.63) is 48.5 Å². The Kier molecular flexibility index (Phi) is 5.05. The van der Waals surface area contributed by atoms with Gasteiger partial charge in [0.05, 0.1) is 18.7 Å². The Labute approximate surface area is 141 Å². The molecule has 1 aromatic carbocycles. The fraction of sp³-hybridized carbons (Fsp3) is 0.389. The zero-order valence-electron chi connectivity index (χ0n) is 13.7. The molecule has 2 atom stereocenters. The maximum absolute atomic E-state index is 12.4. The van der Waals surface area contributed by atoms with Crippen LogP contribution in [0.25, 0.3) is 11.1 Å². The van der Waals surface area contributed by atoms with Crippen LogP contribution in [0.15, 0.2) is 43.0 Å². The minimum Gasteiger partial charge on any atom is -0.394 e. The molecule has 0 radical (unpaired) electrons. The third kappa shape index (κ3) is 3.54. The zero-order valence-corrected chi connectivity index (χ0v) is 13.7. The van der Waals surface area contributed by atoms with Crippen molar-refractivity contribution in [2.45, 2.75) is 31.8 Å². The third-order valence-corrected chi connectivity index (χ3v) is 4.49. The molecule has 1 saturated heterocycles. The van der Waals surface area contributed by atoms with E-state index >= 15 is 0 Å². The summed E-state index contributed by atoms with van der Waals surface area (Å²) in [7, 11) is 0. The van der Waals surface area contributed by atoms with Crippen molar-refractivity contribution in [2.75, 3.05) is 13.2 Å². The van der Waals surface area contributed by atoms with Crippen molar-refractivity contribution < 1.29 is 9.90 Å². The summed E-state index contributed by atoms with van der Waals surface area (Å²) in [5, 5.41) is 12.4. The van der Waals surface area contributed by atoms with E-state index in [4.69, 9.17) is 0 Å². The van der Waals surface area contributed by atoms with Crippen LogP contribution in [0.4, 0.5) is 4.79 Å². The van der Waals surface area contributed by atoms with E-state index in [1.165, 1.54) is 6.33 Å². The van der Waals surface area contributed by atoms with E-state index in [1.54, 1.807) is 17.3 Å². The number of aromatic nitrogens is 2. The number of amides is 2. The maximum Gasteiger partial charge on any atom is 0.318 e. The van der Waals surface area contributed by atoms with E-state index in [-0.39, 0.29) is 24.7 Å². The standard InChI is InChI=1S/C18H22N4O2/c1-13(21-18(24)22-8-2-3-17(22)11-23)14-4-6-15(7-5-14)16-9-19-12-20-10-16/h4-7,9-10,12-13,17,23H,2-3,8,11H2,1H3,(H,21,24)/t13-,17+/m0/s1. The molecule has 126 valence electrons. The van der Waals surface area contributed by atoms with Gasteiger partial charge in [-0.3, -0.25) is 0 Å². The summed E-state index contributed by atoms with van der Waals surface area (Å²) in [6, 6.07) is 7.74. The lowest BCUT2D eigenvalue weighted by molar-refractivity contribution is 0.155. The van der Waals surface area contributed by atoms with E-state index in [0.717, 1.165) is 29.5 Å². The number of carbonyl (C=O) groups excluding carboxylic acids is 1. The Morgan fingerprint density at radius 2 is 2.00 bits per heavy atom. The van der Waals surface area contributed by atoms with Gasteiger partial charge in [0.15, 0.2) is 0 Å². The van der Waals surface area contributed by atoms with Gasteiger partial charge in [0.25, 0.3) is 0 Å². The molecular formula is C18H22N4O2. The summed E-state index contributed by atoms with van der Waals surface area (Å²) in [6.45, 7) is 2.69. The van der Waals surface area contributed by atoms with Gasteiger partial charge < -0.3 is 15.3 Å². The number of nitrogens with one attached hydrogen (secondary N) is 1. The van der Waals surface area contributed by atoms with Gasteiger partial charge in [-0.15, -0.1) is 0 Å². The van der Waals surface area contributed by atoms with Gasteiger partial charge in [0.1, 0.15) is 6.33 Å². The summed E-state index contributed by atoms with van der Waals surface area (Å²) in [5.41, 5.74) is 3.03. The number of hydrogen-bond acceptors (Lipinski definition) is 4. The second-order valence-corrected chi connectivity index (χ2v) is 6.09. The SMILES string of the molecule is C[C@H](NC(=O)N1CCC[C@@H]1CO)c1ccc(-c2cncnc2)cc1. The third-order valence-electron chi connectivity index (χ3n) is 4.49. The minimum absolute atomic E-state index is 0.0235. The average molecular weight is 326 g/mol. The topological polar surface area (TPSA) is 78.4 Å². The van der Waals surface area contributed by atoms with Crippen molar-refractivity contribution in [3.63, 3.8) is 0 Å². The predicted molar refractivity (Wildman–Crippen MR) is 91.2 cm³/mol. The highest BCUT2D eigenvalue weighted by Gasteiger charge is 2.28. The lowest BCUT2D eigenvalue weighted by Gasteiger charge is -2.25. The molecule has 2 heterocycles. The molecule has 6 heteroatoms. The lowest BCUT2D eigenvalue weighted by Crippen LogP contribution is -2.44. The number of aliphatic hydroxyl groups excluding tert-OH is 1. The Hall–Kier alpha value is -2.47. The van der Waals surface area contributed by atoms with E-state index in [2.05, 4.69) is 15.3 Å². The van der Waals surface area contributed by atoms with Crippen LogP contribution >= 0.6 is 0 Å². The smallest absolute Gasteiger partial charge is 0.318 e. The first-order valence-electron chi connectivity index (χ1n) is 8.22. The van der Waals surface area contributed by atoms with Crippen LogP contribution < -0.4 is 5.32 Å². The van der Waals surface area contributed by atoms with Crippen molar-refractivity contribution in [1.82, 2.24) is 20.2 Å².